The molecule has 0 unspecified atom stereocenters. The molecule has 0 aliphatic heterocycles. The molecule has 0 atom stereocenters. The third kappa shape index (κ3) is 5.48. The molecule has 0 amide bonds. The van der Waals surface area contributed by atoms with Gasteiger partial charge in [0.15, 0.2) is 0 Å². The monoisotopic (exact) mass is 352 g/mol. The maximum Gasteiger partial charge on any atom is -0.0162 e. The summed E-state index contributed by atoms with van der Waals surface area (Å²) in [6.45, 7) is 6.16. The van der Waals surface area contributed by atoms with Crippen LogP contribution in [0.4, 0.5) is 0 Å². The van der Waals surface area contributed by atoms with Gasteiger partial charge >= 0.3 is 0 Å². The molecule has 0 aromatic heterocycles. The van der Waals surface area contributed by atoms with E-state index < -0.39 is 0 Å². The molecule has 2 saturated carbocycles. The van der Waals surface area contributed by atoms with Gasteiger partial charge in [0.05, 0.1) is 0 Å². The van der Waals surface area contributed by atoms with Crippen molar-refractivity contribution in [2.75, 3.05) is 0 Å². The van der Waals surface area contributed by atoms with E-state index in [0.29, 0.717) is 0 Å². The maximum atomic E-state index is 3.83. The van der Waals surface area contributed by atoms with Crippen molar-refractivity contribution < 1.29 is 0 Å². The Morgan fingerprint density at radius 3 is 2.08 bits per heavy atom. The fraction of sp³-hybridized carbons (Fsp3) is 0.692. The van der Waals surface area contributed by atoms with Gasteiger partial charge in [0, 0.05) is 0 Å². The topological polar surface area (TPSA) is 0 Å². The maximum absolute atomic E-state index is 3.83. The molecule has 3 rings (SSSR count). The van der Waals surface area contributed by atoms with Crippen molar-refractivity contribution in [3.8, 4) is 0 Å². The lowest BCUT2D eigenvalue weighted by Crippen LogP contribution is -2.25. The van der Waals surface area contributed by atoms with Gasteiger partial charge in [-0.05, 0) is 86.2 Å². The lowest BCUT2D eigenvalue weighted by Gasteiger charge is -2.38. The number of aryl methyl sites for hydroxylation is 1. The van der Waals surface area contributed by atoms with Gasteiger partial charge in [-0.25, -0.2) is 0 Å². The molecule has 0 bridgehead atoms. The minimum Gasteiger partial charge on any atom is -0.103 e. The molecular formula is C26H40. The molecule has 2 fully saturated rings. The highest BCUT2D eigenvalue weighted by molar-refractivity contribution is 5.26. The van der Waals surface area contributed by atoms with Crippen molar-refractivity contribution in [2.45, 2.75) is 96.3 Å². The Balaban J connectivity index is 1.42. The average Bonchev–Trinajstić information content (AvgIpc) is 2.72. The number of hydrogen-bond acceptors (Lipinski definition) is 0. The Morgan fingerprint density at radius 1 is 0.885 bits per heavy atom. The van der Waals surface area contributed by atoms with E-state index in [1.54, 1.807) is 5.56 Å². The number of benzene rings is 1. The second kappa shape index (κ2) is 10.3. The van der Waals surface area contributed by atoms with E-state index in [4.69, 9.17) is 0 Å². The molecule has 0 heteroatoms. The first-order valence-electron chi connectivity index (χ1n) is 11.5. The van der Waals surface area contributed by atoms with Crippen LogP contribution in [0.15, 0.2) is 36.9 Å². The fourth-order valence-electron chi connectivity index (χ4n) is 5.59. The third-order valence-corrected chi connectivity index (χ3v) is 7.38. The van der Waals surface area contributed by atoms with Crippen molar-refractivity contribution in [3.05, 3.63) is 48.0 Å². The normalized spacial score (nSPS) is 29.4. The Hall–Kier alpha value is -1.04. The quantitative estimate of drug-likeness (QED) is 0.415. The van der Waals surface area contributed by atoms with Crippen LogP contribution >= 0.6 is 0 Å². The second-order valence-corrected chi connectivity index (χ2v) is 9.10. The molecule has 0 spiro atoms. The molecule has 2 aliphatic rings. The van der Waals surface area contributed by atoms with Gasteiger partial charge in [0.25, 0.3) is 0 Å². The van der Waals surface area contributed by atoms with Crippen molar-refractivity contribution in [1.29, 1.82) is 0 Å². The first-order chi connectivity index (χ1) is 12.8. The predicted molar refractivity (Wildman–Crippen MR) is 115 cm³/mol. The van der Waals surface area contributed by atoms with Crippen LogP contribution in [0.1, 0.15) is 101 Å². The van der Waals surface area contributed by atoms with E-state index in [0.717, 1.165) is 36.5 Å². The van der Waals surface area contributed by atoms with Crippen molar-refractivity contribution in [2.24, 2.45) is 17.8 Å². The van der Waals surface area contributed by atoms with Gasteiger partial charge in [0.2, 0.25) is 0 Å². The predicted octanol–water partition coefficient (Wildman–Crippen LogP) is 8.08. The van der Waals surface area contributed by atoms with Gasteiger partial charge in [0.1, 0.15) is 0 Å². The minimum atomic E-state index is 0.820. The molecule has 26 heavy (non-hydrogen) atoms. The van der Waals surface area contributed by atoms with Crippen LogP contribution in [0.2, 0.25) is 0 Å². The third-order valence-electron chi connectivity index (χ3n) is 7.38. The van der Waals surface area contributed by atoms with Crippen molar-refractivity contribution in [3.63, 3.8) is 0 Å². The Morgan fingerprint density at radius 2 is 1.50 bits per heavy atom. The van der Waals surface area contributed by atoms with Crippen molar-refractivity contribution in [1.82, 2.24) is 0 Å². The zero-order valence-electron chi connectivity index (χ0n) is 17.1. The minimum absolute atomic E-state index is 0.820. The Kier molecular flexibility index (Phi) is 7.84. The number of hydrogen-bond donors (Lipinski definition) is 0. The Labute approximate surface area is 162 Å². The standard InChI is InChI=1S/C26H40/c1-3-5-7-21-9-13-23(14-10-21)25-17-19-26(20-18-25)24-15-11-22(12-16-24)8-6-4-2/h3,9-10,13-14,22,24-26H,1,4-8,11-12,15-20H2,2H3. The summed E-state index contributed by atoms with van der Waals surface area (Å²) in [5.41, 5.74) is 3.05. The number of unbranched alkanes of at least 4 members (excludes halogenated alkanes) is 1. The molecule has 0 heterocycles. The molecule has 1 aromatic carbocycles. The van der Waals surface area contributed by atoms with E-state index in [1.807, 2.05) is 6.08 Å². The molecule has 144 valence electrons. The summed E-state index contributed by atoms with van der Waals surface area (Å²) < 4.78 is 0. The van der Waals surface area contributed by atoms with Crippen molar-refractivity contribution >= 4 is 0 Å². The van der Waals surface area contributed by atoms with E-state index in [-0.39, 0.29) is 0 Å². The van der Waals surface area contributed by atoms with E-state index in [9.17, 15) is 0 Å². The van der Waals surface area contributed by atoms with E-state index >= 15 is 0 Å². The van der Waals surface area contributed by atoms with Gasteiger partial charge in [-0.1, -0.05) is 69.4 Å². The molecule has 0 nitrogen and oxygen atoms in total. The van der Waals surface area contributed by atoms with Gasteiger partial charge < -0.3 is 0 Å². The van der Waals surface area contributed by atoms with Crippen LogP contribution in [-0.2, 0) is 6.42 Å². The summed E-state index contributed by atoms with van der Waals surface area (Å²) in [4.78, 5) is 0. The largest absolute Gasteiger partial charge is 0.103 e. The van der Waals surface area contributed by atoms with Gasteiger partial charge in [-0.3, -0.25) is 0 Å². The van der Waals surface area contributed by atoms with Crippen LogP contribution in [0.3, 0.4) is 0 Å². The molecule has 1 aromatic rings. The van der Waals surface area contributed by atoms with Crippen LogP contribution in [0.5, 0.6) is 0 Å². The molecular weight excluding hydrogens is 312 g/mol. The van der Waals surface area contributed by atoms with Crippen LogP contribution < -0.4 is 0 Å². The summed E-state index contributed by atoms with van der Waals surface area (Å²) in [5, 5.41) is 0. The first-order valence-corrected chi connectivity index (χ1v) is 11.5. The summed E-state index contributed by atoms with van der Waals surface area (Å²) >= 11 is 0. The lowest BCUT2D eigenvalue weighted by molar-refractivity contribution is 0.156. The SMILES string of the molecule is C=CCCc1ccc(C2CCC(C3CCC(CCCC)CC3)CC2)cc1. The van der Waals surface area contributed by atoms with Crippen LogP contribution in [0, 0.1) is 17.8 Å². The summed E-state index contributed by atoms with van der Waals surface area (Å²) in [6.07, 6.45) is 20.5. The van der Waals surface area contributed by atoms with Gasteiger partial charge in [-0.2, -0.15) is 0 Å². The highest BCUT2D eigenvalue weighted by Crippen LogP contribution is 2.44. The summed E-state index contributed by atoms with van der Waals surface area (Å²) in [6, 6.07) is 9.51. The summed E-state index contributed by atoms with van der Waals surface area (Å²) in [5.74, 6) is 3.96. The number of allylic oxidation sites excluding steroid dienone is 1. The first kappa shape index (κ1) is 19.7. The fourth-order valence-corrected chi connectivity index (χ4v) is 5.59. The number of rotatable bonds is 8. The second-order valence-electron chi connectivity index (χ2n) is 9.10. The van der Waals surface area contributed by atoms with E-state index in [1.165, 1.54) is 76.2 Å². The smallest absolute Gasteiger partial charge is 0.0162 e. The molecule has 0 saturated heterocycles. The zero-order valence-corrected chi connectivity index (χ0v) is 17.1. The van der Waals surface area contributed by atoms with Crippen LogP contribution in [0.25, 0.3) is 0 Å². The highest BCUT2D eigenvalue weighted by atomic mass is 14.4. The molecule has 0 N–H and O–H groups in total. The lowest BCUT2D eigenvalue weighted by atomic mass is 9.68. The molecule has 2 aliphatic carbocycles. The van der Waals surface area contributed by atoms with Crippen LogP contribution in [-0.4, -0.2) is 0 Å². The Bertz CT molecular complexity index is 509. The van der Waals surface area contributed by atoms with Gasteiger partial charge in [-0.15, -0.1) is 6.58 Å². The molecule has 0 radical (unpaired) electrons. The average molecular weight is 353 g/mol. The zero-order chi connectivity index (χ0) is 18.2. The highest BCUT2D eigenvalue weighted by Gasteiger charge is 2.31. The summed E-state index contributed by atoms with van der Waals surface area (Å²) in [7, 11) is 0. The van der Waals surface area contributed by atoms with E-state index in [2.05, 4.69) is 37.8 Å².